The molecule has 9 nitrogen and oxygen atoms in total. The zero-order valence-electron chi connectivity index (χ0n) is 11.5. The summed E-state index contributed by atoms with van der Waals surface area (Å²) in [5.74, 6) is 5.76. The third-order valence-electron chi connectivity index (χ3n) is 3.42. The van der Waals surface area contributed by atoms with Gasteiger partial charge < -0.3 is 9.64 Å². The van der Waals surface area contributed by atoms with Gasteiger partial charge in [-0.3, -0.25) is 15.5 Å². The van der Waals surface area contributed by atoms with Crippen LogP contribution in [0, 0.1) is 17.0 Å². The molecule has 0 unspecified atom stereocenters. The molecule has 2 rings (SSSR count). The molecule has 0 spiro atoms. The van der Waals surface area contributed by atoms with Crippen molar-refractivity contribution < 1.29 is 9.66 Å². The van der Waals surface area contributed by atoms with E-state index in [0.29, 0.717) is 13.2 Å². The lowest BCUT2D eigenvalue weighted by molar-refractivity contribution is -0.385. The highest BCUT2D eigenvalue weighted by atomic mass is 16.6. The molecular formula is C11H18N6O3. The van der Waals surface area contributed by atoms with Gasteiger partial charge in [0.2, 0.25) is 11.8 Å². The number of nitrogens with two attached hydrogens (primary N) is 1. The molecule has 9 heteroatoms. The lowest BCUT2D eigenvalue weighted by Gasteiger charge is -2.31. The summed E-state index contributed by atoms with van der Waals surface area (Å²) in [6.07, 6.45) is 1.62. The molecule has 1 fully saturated rings. The Morgan fingerprint density at radius 1 is 1.45 bits per heavy atom. The third-order valence-corrected chi connectivity index (χ3v) is 3.42. The number of ether oxygens (including phenoxy) is 1. The number of hydrogen-bond donors (Lipinski definition) is 2. The SMILES string of the molecule is Cc1nc(NN)nc(N(C)C2CCOCC2)c1[N+](=O)[O-]. The Balaban J connectivity index is 2.41. The Morgan fingerprint density at radius 2 is 2.10 bits per heavy atom. The normalized spacial score (nSPS) is 15.9. The standard InChI is InChI=1S/C11H18N6O3/c1-7-9(17(18)19)10(14-11(13-7)15-12)16(2)8-3-5-20-6-4-8/h8H,3-6,12H2,1-2H3,(H,13,14,15). The maximum atomic E-state index is 11.3. The van der Waals surface area contributed by atoms with Gasteiger partial charge in [-0.25, -0.2) is 10.8 Å². The maximum Gasteiger partial charge on any atom is 0.332 e. The van der Waals surface area contributed by atoms with Crippen LogP contribution in [-0.2, 0) is 4.74 Å². The molecule has 3 N–H and O–H groups in total. The first-order valence-electron chi connectivity index (χ1n) is 6.34. The van der Waals surface area contributed by atoms with Crippen LogP contribution < -0.4 is 16.2 Å². The molecule has 2 heterocycles. The zero-order chi connectivity index (χ0) is 14.7. The first-order chi connectivity index (χ1) is 9.54. The van der Waals surface area contributed by atoms with E-state index in [1.807, 2.05) is 4.90 Å². The summed E-state index contributed by atoms with van der Waals surface area (Å²) in [6, 6.07) is 0.155. The second-order valence-electron chi connectivity index (χ2n) is 4.66. The molecule has 0 aliphatic carbocycles. The van der Waals surface area contributed by atoms with Crippen molar-refractivity contribution in [2.24, 2.45) is 5.84 Å². The molecule has 0 bridgehead atoms. The number of nitrogen functional groups attached to an aromatic ring is 1. The summed E-state index contributed by atoms with van der Waals surface area (Å²) in [7, 11) is 1.80. The second-order valence-corrected chi connectivity index (χ2v) is 4.66. The highest BCUT2D eigenvalue weighted by molar-refractivity contribution is 5.62. The maximum absolute atomic E-state index is 11.3. The fourth-order valence-corrected chi connectivity index (χ4v) is 2.32. The molecule has 20 heavy (non-hydrogen) atoms. The van der Waals surface area contributed by atoms with Crippen LogP contribution in [0.2, 0.25) is 0 Å². The summed E-state index contributed by atoms with van der Waals surface area (Å²) < 4.78 is 5.31. The zero-order valence-corrected chi connectivity index (χ0v) is 11.5. The summed E-state index contributed by atoms with van der Waals surface area (Å²) in [5, 5.41) is 11.3. The smallest absolute Gasteiger partial charge is 0.332 e. The highest BCUT2D eigenvalue weighted by Gasteiger charge is 2.29. The number of hydrazine groups is 1. The van der Waals surface area contributed by atoms with Crippen LogP contribution in [0.4, 0.5) is 17.5 Å². The number of aromatic nitrogens is 2. The van der Waals surface area contributed by atoms with E-state index in [-0.39, 0.29) is 29.2 Å². The average Bonchev–Trinajstić information content (AvgIpc) is 2.46. The highest BCUT2D eigenvalue weighted by Crippen LogP contribution is 2.31. The minimum absolute atomic E-state index is 0.0852. The lowest BCUT2D eigenvalue weighted by atomic mass is 10.1. The first-order valence-corrected chi connectivity index (χ1v) is 6.34. The van der Waals surface area contributed by atoms with Crippen molar-refractivity contribution in [1.82, 2.24) is 9.97 Å². The topological polar surface area (TPSA) is 119 Å². The van der Waals surface area contributed by atoms with Crippen LogP contribution >= 0.6 is 0 Å². The van der Waals surface area contributed by atoms with Crippen LogP contribution in [0.15, 0.2) is 0 Å². The van der Waals surface area contributed by atoms with E-state index >= 15 is 0 Å². The van der Waals surface area contributed by atoms with Crippen molar-refractivity contribution in [3.8, 4) is 0 Å². The summed E-state index contributed by atoms with van der Waals surface area (Å²) >= 11 is 0. The van der Waals surface area contributed by atoms with Gasteiger partial charge >= 0.3 is 5.69 Å². The first kappa shape index (κ1) is 14.4. The molecule has 110 valence electrons. The Kier molecular flexibility index (Phi) is 4.30. The van der Waals surface area contributed by atoms with Crippen LogP contribution in [0.5, 0.6) is 0 Å². The third kappa shape index (κ3) is 2.78. The van der Waals surface area contributed by atoms with Gasteiger partial charge in [0.1, 0.15) is 5.69 Å². The molecule has 1 aliphatic rings. The van der Waals surface area contributed by atoms with Gasteiger partial charge in [-0.05, 0) is 19.8 Å². The molecule has 0 saturated carbocycles. The van der Waals surface area contributed by atoms with E-state index in [1.165, 1.54) is 0 Å². The van der Waals surface area contributed by atoms with Crippen LogP contribution in [0.1, 0.15) is 18.5 Å². The van der Waals surface area contributed by atoms with E-state index in [9.17, 15) is 10.1 Å². The van der Waals surface area contributed by atoms with E-state index in [0.717, 1.165) is 12.8 Å². The van der Waals surface area contributed by atoms with Gasteiger partial charge in [-0.1, -0.05) is 0 Å². The number of nitrogens with zero attached hydrogens (tertiary/aromatic N) is 4. The summed E-state index contributed by atoms with van der Waals surface area (Å²) in [5.41, 5.74) is 2.53. The number of nitrogens with one attached hydrogen (secondary N) is 1. The average molecular weight is 282 g/mol. The van der Waals surface area contributed by atoms with Gasteiger partial charge in [0, 0.05) is 26.3 Å². The Hall–Kier alpha value is -2.00. The van der Waals surface area contributed by atoms with Crippen molar-refractivity contribution in [2.75, 3.05) is 30.6 Å². The van der Waals surface area contributed by atoms with E-state index in [2.05, 4.69) is 15.4 Å². The summed E-state index contributed by atoms with van der Waals surface area (Å²) in [6.45, 7) is 2.87. The molecule has 1 aromatic heterocycles. The van der Waals surface area contributed by atoms with Crippen LogP contribution in [-0.4, -0.2) is 41.2 Å². The summed E-state index contributed by atoms with van der Waals surface area (Å²) in [4.78, 5) is 20.7. The molecular weight excluding hydrogens is 264 g/mol. The predicted octanol–water partition coefficient (Wildman–Crippen LogP) is 0.594. The van der Waals surface area contributed by atoms with E-state index in [4.69, 9.17) is 10.6 Å². The predicted molar refractivity (Wildman–Crippen MR) is 73.5 cm³/mol. The molecule has 1 saturated heterocycles. The fraction of sp³-hybridized carbons (Fsp3) is 0.636. The van der Waals surface area contributed by atoms with Crippen molar-refractivity contribution in [3.05, 3.63) is 15.8 Å². The monoisotopic (exact) mass is 282 g/mol. The number of nitro groups is 1. The quantitative estimate of drug-likeness (QED) is 0.468. The van der Waals surface area contributed by atoms with Crippen molar-refractivity contribution >= 4 is 17.5 Å². The van der Waals surface area contributed by atoms with Crippen LogP contribution in [0.25, 0.3) is 0 Å². The number of rotatable bonds is 4. The van der Waals surface area contributed by atoms with Crippen molar-refractivity contribution in [2.45, 2.75) is 25.8 Å². The Bertz CT molecular complexity index is 503. The minimum atomic E-state index is -0.458. The van der Waals surface area contributed by atoms with Gasteiger partial charge in [0.25, 0.3) is 0 Å². The lowest BCUT2D eigenvalue weighted by Crippen LogP contribution is -2.37. The van der Waals surface area contributed by atoms with Gasteiger partial charge in [0.15, 0.2) is 0 Å². The molecule has 0 aromatic carbocycles. The molecule has 1 aliphatic heterocycles. The molecule has 0 radical (unpaired) electrons. The van der Waals surface area contributed by atoms with Crippen molar-refractivity contribution in [1.29, 1.82) is 0 Å². The van der Waals surface area contributed by atoms with Gasteiger partial charge in [-0.2, -0.15) is 4.98 Å². The molecule has 0 amide bonds. The second kappa shape index (κ2) is 5.97. The van der Waals surface area contributed by atoms with Gasteiger partial charge in [0.05, 0.1) is 4.92 Å². The number of aryl methyl sites for hydroxylation is 1. The van der Waals surface area contributed by atoms with E-state index < -0.39 is 4.92 Å². The Morgan fingerprint density at radius 3 is 2.65 bits per heavy atom. The molecule has 0 atom stereocenters. The van der Waals surface area contributed by atoms with E-state index in [1.54, 1.807) is 14.0 Å². The Labute approximate surface area is 116 Å². The number of hydrogen-bond acceptors (Lipinski definition) is 8. The van der Waals surface area contributed by atoms with Gasteiger partial charge in [-0.15, -0.1) is 0 Å². The fourth-order valence-electron chi connectivity index (χ4n) is 2.32. The number of anilines is 2. The largest absolute Gasteiger partial charge is 0.381 e. The van der Waals surface area contributed by atoms with Crippen molar-refractivity contribution in [3.63, 3.8) is 0 Å². The molecule has 1 aromatic rings. The minimum Gasteiger partial charge on any atom is -0.381 e. The van der Waals surface area contributed by atoms with Crippen LogP contribution in [0.3, 0.4) is 0 Å².